The Labute approximate surface area is 152 Å². The van der Waals surface area contributed by atoms with Crippen molar-refractivity contribution in [2.75, 3.05) is 6.61 Å². The summed E-state index contributed by atoms with van der Waals surface area (Å²) in [6.07, 6.45) is 0. The molecule has 0 saturated heterocycles. The van der Waals surface area contributed by atoms with E-state index in [9.17, 15) is 4.79 Å². The average molecular weight is 353 g/mol. The minimum atomic E-state index is -0.210. The Balaban J connectivity index is 1.62. The van der Waals surface area contributed by atoms with Crippen LogP contribution in [0.25, 0.3) is 5.78 Å². The first kappa shape index (κ1) is 17.8. The van der Waals surface area contributed by atoms with Gasteiger partial charge in [0.2, 0.25) is 0 Å². The summed E-state index contributed by atoms with van der Waals surface area (Å²) in [6, 6.07) is 9.72. The molecular weight excluding hydrogens is 330 g/mol. The lowest BCUT2D eigenvalue weighted by Gasteiger charge is -2.13. The number of nitrogens with zero attached hydrogens (tertiary/aromatic N) is 4. The molecule has 0 aliphatic heterocycles. The van der Waals surface area contributed by atoms with Crippen LogP contribution >= 0.6 is 0 Å². The van der Waals surface area contributed by atoms with E-state index in [1.165, 1.54) is 0 Å². The van der Waals surface area contributed by atoms with Crippen molar-refractivity contribution in [2.45, 2.75) is 40.2 Å². The van der Waals surface area contributed by atoms with Crippen molar-refractivity contribution in [3.63, 3.8) is 0 Å². The fraction of sp³-hybridized carbons (Fsp3) is 0.368. The quantitative estimate of drug-likeness (QED) is 0.736. The molecule has 0 unspecified atom stereocenters. The topological polar surface area (TPSA) is 81.4 Å². The van der Waals surface area contributed by atoms with E-state index in [0.29, 0.717) is 17.5 Å². The van der Waals surface area contributed by atoms with Crippen molar-refractivity contribution < 1.29 is 9.53 Å². The van der Waals surface area contributed by atoms with Gasteiger partial charge in [-0.05, 0) is 37.5 Å². The molecule has 0 saturated carbocycles. The van der Waals surface area contributed by atoms with Gasteiger partial charge in [0.15, 0.2) is 12.4 Å². The molecule has 3 aromatic rings. The van der Waals surface area contributed by atoms with Crippen LogP contribution in [0.3, 0.4) is 0 Å². The molecule has 0 fully saturated rings. The molecule has 3 rings (SSSR count). The van der Waals surface area contributed by atoms with Gasteiger partial charge in [-0.1, -0.05) is 32.0 Å². The molecule has 7 heteroatoms. The zero-order chi connectivity index (χ0) is 18.7. The average Bonchev–Trinajstić information content (AvgIpc) is 3.01. The van der Waals surface area contributed by atoms with Crippen LogP contribution in [-0.4, -0.2) is 32.1 Å². The molecule has 26 heavy (non-hydrogen) atoms. The van der Waals surface area contributed by atoms with E-state index in [1.54, 1.807) is 0 Å². The maximum atomic E-state index is 12.2. The highest BCUT2D eigenvalue weighted by atomic mass is 16.5. The Morgan fingerprint density at radius 3 is 2.77 bits per heavy atom. The molecule has 136 valence electrons. The van der Waals surface area contributed by atoms with Crippen molar-refractivity contribution >= 4 is 11.7 Å². The van der Waals surface area contributed by atoms with Crippen LogP contribution in [0.4, 0.5) is 0 Å². The number of carbonyl (C=O) groups is 1. The minimum absolute atomic E-state index is 0.0448. The highest BCUT2D eigenvalue weighted by Crippen LogP contribution is 2.25. The van der Waals surface area contributed by atoms with Gasteiger partial charge in [0.1, 0.15) is 5.75 Å². The van der Waals surface area contributed by atoms with Crippen LogP contribution < -0.4 is 10.1 Å². The number of aryl methyl sites for hydroxylation is 2. The van der Waals surface area contributed by atoms with E-state index < -0.39 is 0 Å². The molecule has 1 aromatic carbocycles. The third-order valence-corrected chi connectivity index (χ3v) is 4.10. The second-order valence-corrected chi connectivity index (χ2v) is 6.55. The van der Waals surface area contributed by atoms with Gasteiger partial charge in [-0.3, -0.25) is 9.20 Å². The molecule has 1 amide bonds. The normalized spacial score (nSPS) is 11.1. The number of hydrogen-bond donors (Lipinski definition) is 1. The smallest absolute Gasteiger partial charge is 0.258 e. The fourth-order valence-corrected chi connectivity index (χ4v) is 2.87. The summed E-state index contributed by atoms with van der Waals surface area (Å²) in [5.74, 6) is 2.03. The summed E-state index contributed by atoms with van der Waals surface area (Å²) in [4.78, 5) is 16.5. The fourth-order valence-electron chi connectivity index (χ4n) is 2.87. The molecule has 0 aliphatic rings. The molecular formula is C19H23N5O2. The van der Waals surface area contributed by atoms with Crippen molar-refractivity contribution in [3.05, 3.63) is 53.1 Å². The van der Waals surface area contributed by atoms with Gasteiger partial charge >= 0.3 is 0 Å². The summed E-state index contributed by atoms with van der Waals surface area (Å²) in [5.41, 5.74) is 2.94. The number of nitrogens with one attached hydrogen (secondary N) is 1. The number of benzene rings is 1. The molecule has 0 atom stereocenters. The number of carbonyl (C=O) groups excluding carboxylic acids is 1. The van der Waals surface area contributed by atoms with E-state index in [2.05, 4.69) is 34.3 Å². The van der Waals surface area contributed by atoms with E-state index >= 15 is 0 Å². The second-order valence-electron chi connectivity index (χ2n) is 6.55. The monoisotopic (exact) mass is 353 g/mol. The van der Waals surface area contributed by atoms with Crippen LogP contribution in [0.1, 0.15) is 42.5 Å². The number of fused-ring (bicyclic) bond motifs is 1. The molecule has 2 heterocycles. The summed E-state index contributed by atoms with van der Waals surface area (Å²) < 4.78 is 7.53. The van der Waals surface area contributed by atoms with Gasteiger partial charge in [0.05, 0.1) is 6.54 Å². The Bertz CT molecular complexity index is 933. The third-order valence-electron chi connectivity index (χ3n) is 4.10. The van der Waals surface area contributed by atoms with Crippen molar-refractivity contribution in [3.8, 4) is 5.75 Å². The van der Waals surface area contributed by atoms with Crippen LogP contribution in [0.5, 0.6) is 5.75 Å². The van der Waals surface area contributed by atoms with Crippen molar-refractivity contribution in [1.29, 1.82) is 0 Å². The number of hydrogen-bond acceptors (Lipinski definition) is 5. The Morgan fingerprint density at radius 1 is 1.23 bits per heavy atom. The summed E-state index contributed by atoms with van der Waals surface area (Å²) in [6.45, 7) is 8.28. The standard InChI is InChI=1S/C19H23N5O2/c1-12(2)15-7-5-6-8-16(15)26-11-18(25)20-10-17-22-23-19-21-13(3)9-14(4)24(17)19/h5-9,12H,10-11H2,1-4H3,(H,20,25). The van der Waals surface area contributed by atoms with Crippen LogP contribution in [0.15, 0.2) is 30.3 Å². The van der Waals surface area contributed by atoms with Gasteiger partial charge in [-0.25, -0.2) is 4.98 Å². The maximum Gasteiger partial charge on any atom is 0.258 e. The molecule has 2 aromatic heterocycles. The van der Waals surface area contributed by atoms with E-state index in [0.717, 1.165) is 22.7 Å². The Morgan fingerprint density at radius 2 is 2.00 bits per heavy atom. The van der Waals surface area contributed by atoms with Gasteiger partial charge in [-0.15, -0.1) is 10.2 Å². The predicted molar refractivity (Wildman–Crippen MR) is 98.1 cm³/mol. The minimum Gasteiger partial charge on any atom is -0.483 e. The van der Waals surface area contributed by atoms with Gasteiger partial charge in [-0.2, -0.15) is 0 Å². The first-order valence-corrected chi connectivity index (χ1v) is 8.62. The first-order chi connectivity index (χ1) is 12.5. The highest BCUT2D eigenvalue weighted by molar-refractivity contribution is 5.77. The lowest BCUT2D eigenvalue weighted by atomic mass is 10.0. The molecule has 0 bridgehead atoms. The number of aromatic nitrogens is 4. The van der Waals surface area contributed by atoms with E-state index in [-0.39, 0.29) is 19.1 Å². The first-order valence-electron chi connectivity index (χ1n) is 8.62. The summed E-state index contributed by atoms with van der Waals surface area (Å²) in [5, 5.41) is 11.0. The molecule has 0 aliphatic carbocycles. The predicted octanol–water partition coefficient (Wildman–Crippen LogP) is 2.56. The maximum absolute atomic E-state index is 12.2. The van der Waals surface area contributed by atoms with Crippen LogP contribution in [0.2, 0.25) is 0 Å². The molecule has 7 nitrogen and oxygen atoms in total. The lowest BCUT2D eigenvalue weighted by Crippen LogP contribution is -2.29. The zero-order valence-corrected chi connectivity index (χ0v) is 15.5. The lowest BCUT2D eigenvalue weighted by molar-refractivity contribution is -0.123. The molecule has 0 radical (unpaired) electrons. The van der Waals surface area contributed by atoms with Gasteiger partial charge in [0, 0.05) is 11.4 Å². The van der Waals surface area contributed by atoms with Gasteiger partial charge in [0.25, 0.3) is 11.7 Å². The highest BCUT2D eigenvalue weighted by Gasteiger charge is 2.12. The Hall–Kier alpha value is -2.96. The Kier molecular flexibility index (Phi) is 5.16. The number of ether oxygens (including phenoxy) is 1. The largest absolute Gasteiger partial charge is 0.483 e. The SMILES string of the molecule is Cc1cc(C)n2c(CNC(=O)COc3ccccc3C(C)C)nnc2n1. The zero-order valence-electron chi connectivity index (χ0n) is 15.5. The summed E-state index contributed by atoms with van der Waals surface area (Å²) >= 11 is 0. The van der Waals surface area contributed by atoms with Gasteiger partial charge < -0.3 is 10.1 Å². The van der Waals surface area contributed by atoms with Crippen LogP contribution in [-0.2, 0) is 11.3 Å². The van der Waals surface area contributed by atoms with Crippen molar-refractivity contribution in [2.24, 2.45) is 0 Å². The van der Waals surface area contributed by atoms with Crippen LogP contribution in [0, 0.1) is 13.8 Å². The third kappa shape index (κ3) is 3.82. The number of rotatable bonds is 6. The number of amides is 1. The summed E-state index contributed by atoms with van der Waals surface area (Å²) in [7, 11) is 0. The second kappa shape index (κ2) is 7.51. The number of para-hydroxylation sites is 1. The van der Waals surface area contributed by atoms with E-state index in [1.807, 2.05) is 48.6 Å². The molecule has 1 N–H and O–H groups in total. The molecule has 0 spiro atoms. The van der Waals surface area contributed by atoms with E-state index in [4.69, 9.17) is 4.74 Å². The van der Waals surface area contributed by atoms with Crippen molar-refractivity contribution in [1.82, 2.24) is 24.9 Å².